The van der Waals surface area contributed by atoms with Gasteiger partial charge in [0.2, 0.25) is 0 Å². The number of aryl methyl sites for hydroxylation is 1. The molecule has 2 aromatic heterocycles. The monoisotopic (exact) mass is 444 g/mol. The van der Waals surface area contributed by atoms with Gasteiger partial charge in [0.05, 0.1) is 31.5 Å². The molecule has 5 rings (SSSR count). The fourth-order valence-electron chi connectivity index (χ4n) is 4.22. The summed E-state index contributed by atoms with van der Waals surface area (Å²) in [7, 11) is 1.98. The smallest absolute Gasteiger partial charge is 0.168 e. The molecule has 168 valence electrons. The normalized spacial score (nSPS) is 14.6. The number of hydrogen-bond acceptors (Lipinski definition) is 5. The molecule has 6 nitrogen and oxygen atoms in total. The summed E-state index contributed by atoms with van der Waals surface area (Å²) in [4.78, 5) is 19.4. The van der Waals surface area contributed by atoms with Crippen molar-refractivity contribution in [1.82, 2.24) is 19.7 Å². The van der Waals surface area contributed by atoms with Crippen molar-refractivity contribution >= 4 is 16.6 Å². The van der Waals surface area contributed by atoms with Crippen molar-refractivity contribution < 1.29 is 13.9 Å². The molecule has 7 heteroatoms. The van der Waals surface area contributed by atoms with Crippen LogP contribution in [0.4, 0.5) is 4.39 Å². The van der Waals surface area contributed by atoms with Crippen molar-refractivity contribution in [2.45, 2.75) is 13.0 Å². The van der Waals surface area contributed by atoms with Crippen molar-refractivity contribution in [3.8, 4) is 11.1 Å². The van der Waals surface area contributed by atoms with Gasteiger partial charge in [-0.15, -0.1) is 0 Å². The highest BCUT2D eigenvalue weighted by Crippen LogP contribution is 2.28. The van der Waals surface area contributed by atoms with Crippen LogP contribution in [0.25, 0.3) is 21.9 Å². The molecule has 0 aliphatic carbocycles. The quantitative estimate of drug-likeness (QED) is 0.420. The number of fused-ring (bicyclic) bond motifs is 1. The Kier molecular flexibility index (Phi) is 5.98. The lowest BCUT2D eigenvalue weighted by Gasteiger charge is -2.27. The van der Waals surface area contributed by atoms with Crippen LogP contribution in [0.5, 0.6) is 0 Å². The molecule has 0 radical (unpaired) electrons. The zero-order valence-electron chi connectivity index (χ0n) is 18.5. The van der Waals surface area contributed by atoms with Gasteiger partial charge < -0.3 is 4.74 Å². The zero-order valence-corrected chi connectivity index (χ0v) is 18.5. The first-order chi connectivity index (χ1) is 16.1. The summed E-state index contributed by atoms with van der Waals surface area (Å²) in [5, 5.41) is 6.54. The molecule has 0 saturated carbocycles. The van der Waals surface area contributed by atoms with Gasteiger partial charge in [-0.1, -0.05) is 12.1 Å². The molecule has 0 spiro atoms. The standard InChI is InChI=1S/C26H25FN4O2/c1-30-25(17-31-8-10-33-11-9-31)24(16-29-30)19-2-3-20-15-28-23(13-21(20)12-19)14-26(32)18-4-6-22(27)7-5-18/h2-7,12-13,15-16H,8-11,14,17H2,1H3. The van der Waals surface area contributed by atoms with Crippen molar-refractivity contribution in [3.05, 3.63) is 83.7 Å². The number of halogens is 1. The van der Waals surface area contributed by atoms with E-state index in [1.54, 1.807) is 6.20 Å². The Labute approximate surface area is 191 Å². The first-order valence-corrected chi connectivity index (χ1v) is 11.1. The molecule has 33 heavy (non-hydrogen) atoms. The van der Waals surface area contributed by atoms with E-state index >= 15 is 0 Å². The Balaban J connectivity index is 1.41. The van der Waals surface area contributed by atoms with Crippen LogP contribution in [0, 0.1) is 5.82 Å². The van der Waals surface area contributed by atoms with Gasteiger partial charge in [0.1, 0.15) is 5.82 Å². The average molecular weight is 445 g/mol. The molecule has 0 N–H and O–H groups in total. The summed E-state index contributed by atoms with van der Waals surface area (Å²) in [5.41, 5.74) is 4.52. The Morgan fingerprint density at radius 1 is 1.03 bits per heavy atom. The van der Waals surface area contributed by atoms with E-state index in [0.717, 1.165) is 60.4 Å². The van der Waals surface area contributed by atoms with E-state index in [9.17, 15) is 9.18 Å². The lowest BCUT2D eigenvalue weighted by molar-refractivity contribution is 0.0332. The van der Waals surface area contributed by atoms with E-state index in [0.29, 0.717) is 11.3 Å². The Morgan fingerprint density at radius 2 is 1.82 bits per heavy atom. The van der Waals surface area contributed by atoms with Crippen LogP contribution in [-0.4, -0.2) is 51.8 Å². The highest BCUT2D eigenvalue weighted by Gasteiger charge is 2.17. The molecule has 0 atom stereocenters. The summed E-state index contributed by atoms with van der Waals surface area (Å²) in [5.74, 6) is -0.440. The van der Waals surface area contributed by atoms with Gasteiger partial charge in [-0.25, -0.2) is 4.39 Å². The summed E-state index contributed by atoms with van der Waals surface area (Å²) < 4.78 is 20.6. The number of nitrogens with zero attached hydrogens (tertiary/aromatic N) is 4. The maximum atomic E-state index is 13.2. The predicted octanol–water partition coefficient (Wildman–Crippen LogP) is 4.03. The second kappa shape index (κ2) is 9.21. The minimum Gasteiger partial charge on any atom is -0.379 e. The summed E-state index contributed by atoms with van der Waals surface area (Å²) >= 11 is 0. The molecule has 0 bridgehead atoms. The van der Waals surface area contributed by atoms with E-state index in [-0.39, 0.29) is 18.0 Å². The second-order valence-electron chi connectivity index (χ2n) is 8.36. The molecule has 1 aliphatic rings. The van der Waals surface area contributed by atoms with E-state index < -0.39 is 0 Å². The first-order valence-electron chi connectivity index (χ1n) is 11.1. The Hall–Kier alpha value is -3.42. The van der Waals surface area contributed by atoms with Crippen LogP contribution in [-0.2, 0) is 24.8 Å². The molecule has 0 amide bonds. The fraction of sp³-hybridized carbons (Fsp3) is 0.269. The number of ketones is 1. The SMILES string of the molecule is Cn1ncc(-c2ccc3cnc(CC(=O)c4ccc(F)cc4)cc3c2)c1CN1CCOCC1. The minimum absolute atomic E-state index is 0.0851. The van der Waals surface area contributed by atoms with E-state index in [4.69, 9.17) is 4.74 Å². The van der Waals surface area contributed by atoms with Gasteiger partial charge in [0.15, 0.2) is 5.78 Å². The van der Waals surface area contributed by atoms with Gasteiger partial charge >= 0.3 is 0 Å². The number of rotatable bonds is 6. The summed E-state index contributed by atoms with van der Waals surface area (Å²) in [6.45, 7) is 4.17. The highest BCUT2D eigenvalue weighted by atomic mass is 19.1. The van der Waals surface area contributed by atoms with Crippen LogP contribution in [0.2, 0.25) is 0 Å². The van der Waals surface area contributed by atoms with Crippen molar-refractivity contribution in [1.29, 1.82) is 0 Å². The zero-order chi connectivity index (χ0) is 22.8. The average Bonchev–Trinajstić information content (AvgIpc) is 3.19. The van der Waals surface area contributed by atoms with Crippen molar-refractivity contribution in [3.63, 3.8) is 0 Å². The number of carbonyl (C=O) groups excluding carboxylic acids is 1. The topological polar surface area (TPSA) is 60.2 Å². The largest absolute Gasteiger partial charge is 0.379 e. The van der Waals surface area contributed by atoms with E-state index in [1.165, 1.54) is 24.3 Å². The molecule has 4 aromatic rings. The molecular formula is C26H25FN4O2. The molecule has 2 aromatic carbocycles. The van der Waals surface area contributed by atoms with Gasteiger partial charge in [0.25, 0.3) is 0 Å². The maximum absolute atomic E-state index is 13.2. The van der Waals surface area contributed by atoms with Crippen LogP contribution in [0.3, 0.4) is 0 Å². The van der Waals surface area contributed by atoms with Crippen LogP contribution >= 0.6 is 0 Å². The maximum Gasteiger partial charge on any atom is 0.168 e. The molecule has 0 unspecified atom stereocenters. The predicted molar refractivity (Wildman–Crippen MR) is 124 cm³/mol. The lowest BCUT2D eigenvalue weighted by Crippen LogP contribution is -2.36. The van der Waals surface area contributed by atoms with Crippen LogP contribution in [0.15, 0.2) is 60.9 Å². The van der Waals surface area contributed by atoms with Crippen molar-refractivity contribution in [2.75, 3.05) is 26.3 Å². The van der Waals surface area contributed by atoms with E-state index in [1.807, 2.05) is 24.0 Å². The number of Topliss-reactive ketones (excluding diaryl/α,β-unsaturated/α-hetero) is 1. The van der Waals surface area contributed by atoms with Gasteiger partial charge in [-0.2, -0.15) is 5.10 Å². The Morgan fingerprint density at radius 3 is 2.61 bits per heavy atom. The second-order valence-corrected chi connectivity index (χ2v) is 8.36. The third kappa shape index (κ3) is 4.69. The summed E-state index contributed by atoms with van der Waals surface area (Å²) in [6, 6.07) is 13.8. The first kappa shape index (κ1) is 21.4. The lowest BCUT2D eigenvalue weighted by atomic mass is 10.0. The number of ether oxygens (including phenoxy) is 1. The fourth-order valence-corrected chi connectivity index (χ4v) is 4.22. The van der Waals surface area contributed by atoms with Crippen LogP contribution in [0.1, 0.15) is 21.7 Å². The van der Waals surface area contributed by atoms with Gasteiger partial charge in [-0.3, -0.25) is 19.4 Å². The van der Waals surface area contributed by atoms with Gasteiger partial charge in [0, 0.05) is 55.1 Å². The van der Waals surface area contributed by atoms with E-state index in [2.05, 4.69) is 33.2 Å². The van der Waals surface area contributed by atoms with Crippen molar-refractivity contribution in [2.24, 2.45) is 7.05 Å². The molecule has 1 fully saturated rings. The number of morpholine rings is 1. The van der Waals surface area contributed by atoms with Crippen LogP contribution < -0.4 is 0 Å². The molecule has 1 aliphatic heterocycles. The molecule has 1 saturated heterocycles. The summed E-state index contributed by atoms with van der Waals surface area (Å²) in [6.07, 6.45) is 3.88. The third-order valence-electron chi connectivity index (χ3n) is 6.14. The molecule has 3 heterocycles. The Bertz CT molecular complexity index is 1290. The third-order valence-corrected chi connectivity index (χ3v) is 6.14. The number of hydrogen-bond donors (Lipinski definition) is 0. The van der Waals surface area contributed by atoms with Gasteiger partial charge in [-0.05, 0) is 47.3 Å². The minimum atomic E-state index is -0.355. The number of carbonyl (C=O) groups is 1. The number of aromatic nitrogens is 3. The number of pyridine rings is 1. The highest BCUT2D eigenvalue weighted by molar-refractivity contribution is 5.98. The molecular weight excluding hydrogens is 419 g/mol. The number of benzene rings is 2.